The fraction of sp³-hybridized carbons (Fsp3) is 0.130. The van der Waals surface area contributed by atoms with Crippen molar-refractivity contribution in [1.29, 1.82) is 0 Å². The van der Waals surface area contributed by atoms with Gasteiger partial charge in [-0.1, -0.05) is 24.1 Å². The summed E-state index contributed by atoms with van der Waals surface area (Å²) in [7, 11) is 3.16. The summed E-state index contributed by atoms with van der Waals surface area (Å²) in [4.78, 5) is 16.6. The van der Waals surface area contributed by atoms with Crippen molar-refractivity contribution in [2.24, 2.45) is 0 Å². The Hall–Kier alpha value is -3.78. The number of nitrogens with one attached hydrogen (secondary N) is 1. The largest absolute Gasteiger partial charge is 0.497 e. The summed E-state index contributed by atoms with van der Waals surface area (Å²) in [6, 6.07) is 18.4. The molecule has 0 saturated heterocycles. The Bertz CT molecular complexity index is 1020. The van der Waals surface area contributed by atoms with Crippen LogP contribution in [0.25, 0.3) is 0 Å². The quantitative estimate of drug-likeness (QED) is 0.694. The molecule has 0 saturated carbocycles. The van der Waals surface area contributed by atoms with Gasteiger partial charge >= 0.3 is 0 Å². The molecular formula is C23H20N2O3. The van der Waals surface area contributed by atoms with Gasteiger partial charge in [0.1, 0.15) is 17.2 Å². The number of hydrogen-bond donors (Lipinski definition) is 1. The Morgan fingerprint density at radius 1 is 1.00 bits per heavy atom. The van der Waals surface area contributed by atoms with Crippen molar-refractivity contribution in [3.05, 3.63) is 83.7 Å². The van der Waals surface area contributed by atoms with Crippen LogP contribution in [0.4, 0.5) is 5.69 Å². The van der Waals surface area contributed by atoms with Crippen LogP contribution in [0.1, 0.15) is 16.8 Å². The summed E-state index contributed by atoms with van der Waals surface area (Å²) in [5.41, 5.74) is 2.96. The molecular weight excluding hydrogens is 352 g/mol. The van der Waals surface area contributed by atoms with Crippen molar-refractivity contribution in [3.63, 3.8) is 0 Å². The third-order valence-corrected chi connectivity index (χ3v) is 3.99. The first kappa shape index (κ1) is 19.0. The lowest BCUT2D eigenvalue weighted by Crippen LogP contribution is -2.15. The second-order valence-corrected chi connectivity index (χ2v) is 5.95. The molecule has 0 aliphatic carbocycles. The molecule has 0 bridgehead atoms. The highest BCUT2D eigenvalue weighted by Gasteiger charge is 2.10. The number of rotatable bonds is 5. The second-order valence-electron chi connectivity index (χ2n) is 5.95. The van der Waals surface area contributed by atoms with E-state index in [9.17, 15) is 4.79 Å². The topological polar surface area (TPSA) is 60.5 Å². The zero-order valence-corrected chi connectivity index (χ0v) is 15.7. The maximum absolute atomic E-state index is 12.5. The number of methoxy groups -OCH3 is 2. The van der Waals surface area contributed by atoms with Crippen molar-refractivity contribution in [2.75, 3.05) is 19.5 Å². The van der Waals surface area contributed by atoms with Gasteiger partial charge in [0.2, 0.25) is 5.91 Å². The number of carbonyl (C=O) groups is 1. The number of ether oxygens (including phenoxy) is 2. The molecule has 0 spiro atoms. The second kappa shape index (κ2) is 9.24. The Labute approximate surface area is 164 Å². The number of anilines is 1. The molecule has 0 fully saturated rings. The lowest BCUT2D eigenvalue weighted by molar-refractivity contribution is -0.115. The summed E-state index contributed by atoms with van der Waals surface area (Å²) in [5, 5.41) is 2.90. The zero-order valence-electron chi connectivity index (χ0n) is 15.7. The summed E-state index contributed by atoms with van der Waals surface area (Å²) in [6.07, 6.45) is 1.89. The summed E-state index contributed by atoms with van der Waals surface area (Å²) < 4.78 is 10.5. The van der Waals surface area contributed by atoms with Crippen molar-refractivity contribution in [3.8, 4) is 23.3 Å². The molecule has 0 aliphatic rings. The predicted molar refractivity (Wildman–Crippen MR) is 109 cm³/mol. The first-order chi connectivity index (χ1) is 13.7. The van der Waals surface area contributed by atoms with Gasteiger partial charge in [0, 0.05) is 29.1 Å². The van der Waals surface area contributed by atoms with Gasteiger partial charge < -0.3 is 14.8 Å². The van der Waals surface area contributed by atoms with Crippen molar-refractivity contribution < 1.29 is 14.3 Å². The number of benzene rings is 2. The summed E-state index contributed by atoms with van der Waals surface area (Å²) in [6.45, 7) is 0. The van der Waals surface area contributed by atoms with Gasteiger partial charge in [-0.2, -0.15) is 0 Å². The minimum absolute atomic E-state index is 0.140. The van der Waals surface area contributed by atoms with Crippen molar-refractivity contribution >= 4 is 11.6 Å². The van der Waals surface area contributed by atoms with Crippen LogP contribution in [0.5, 0.6) is 11.5 Å². The maximum Gasteiger partial charge on any atom is 0.228 e. The van der Waals surface area contributed by atoms with Gasteiger partial charge in [-0.3, -0.25) is 4.79 Å². The van der Waals surface area contributed by atoms with Crippen molar-refractivity contribution in [1.82, 2.24) is 4.98 Å². The van der Waals surface area contributed by atoms with E-state index in [0.29, 0.717) is 22.9 Å². The van der Waals surface area contributed by atoms with E-state index in [4.69, 9.17) is 9.47 Å². The zero-order chi connectivity index (χ0) is 19.8. The van der Waals surface area contributed by atoms with E-state index in [1.54, 1.807) is 32.5 Å². The Kier molecular flexibility index (Phi) is 6.27. The molecule has 0 radical (unpaired) electrons. The first-order valence-corrected chi connectivity index (χ1v) is 8.72. The molecule has 1 N–H and O–H groups in total. The molecule has 2 aromatic carbocycles. The molecule has 0 unspecified atom stereocenters. The SMILES string of the molecule is COc1ccc(CC(=O)Nc2cccc(C#Cc3ccccn3)c2)c(OC)c1. The van der Waals surface area contributed by atoms with Crippen LogP contribution in [-0.4, -0.2) is 25.1 Å². The number of pyridine rings is 1. The summed E-state index contributed by atoms with van der Waals surface area (Å²) in [5.74, 6) is 7.22. The van der Waals surface area contributed by atoms with Crippen LogP contribution in [0.3, 0.4) is 0 Å². The van der Waals surface area contributed by atoms with Crippen LogP contribution in [-0.2, 0) is 11.2 Å². The standard InChI is InChI=1S/C23H20N2O3/c1-27-21-12-10-18(22(16-21)28-2)15-23(26)25-20-8-5-6-17(14-20)9-11-19-7-3-4-13-24-19/h3-8,10,12-14,16H,15H2,1-2H3,(H,25,26). The van der Waals surface area contributed by atoms with Gasteiger partial charge in [0.05, 0.1) is 20.6 Å². The third-order valence-electron chi connectivity index (χ3n) is 3.99. The lowest BCUT2D eigenvalue weighted by atomic mass is 10.1. The number of amides is 1. The summed E-state index contributed by atoms with van der Waals surface area (Å²) >= 11 is 0. The predicted octanol–water partition coefficient (Wildman–Crippen LogP) is 3.68. The Balaban J connectivity index is 1.69. The van der Waals surface area contributed by atoms with Crippen LogP contribution in [0.2, 0.25) is 0 Å². The highest BCUT2D eigenvalue weighted by atomic mass is 16.5. The molecule has 1 aromatic heterocycles. The van der Waals surface area contributed by atoms with Gasteiger partial charge in [0.15, 0.2) is 0 Å². The number of nitrogens with zero attached hydrogens (tertiary/aromatic N) is 1. The van der Waals surface area contributed by atoms with Gasteiger partial charge in [-0.05, 0) is 42.3 Å². The number of hydrogen-bond acceptors (Lipinski definition) is 4. The number of carbonyl (C=O) groups excluding carboxylic acids is 1. The molecule has 0 atom stereocenters. The van der Waals surface area contributed by atoms with E-state index in [0.717, 1.165) is 11.1 Å². The van der Waals surface area contributed by atoms with Gasteiger partial charge in [-0.15, -0.1) is 0 Å². The minimum atomic E-state index is -0.140. The monoisotopic (exact) mass is 372 g/mol. The van der Waals surface area contributed by atoms with E-state index in [2.05, 4.69) is 22.1 Å². The normalized spacial score (nSPS) is 9.79. The molecule has 28 heavy (non-hydrogen) atoms. The van der Waals surface area contributed by atoms with E-state index in [-0.39, 0.29) is 12.3 Å². The van der Waals surface area contributed by atoms with E-state index in [1.807, 2.05) is 48.5 Å². The minimum Gasteiger partial charge on any atom is -0.497 e. The third kappa shape index (κ3) is 5.12. The van der Waals surface area contributed by atoms with Crippen LogP contribution in [0, 0.1) is 11.8 Å². The Morgan fingerprint density at radius 3 is 2.64 bits per heavy atom. The number of aromatic nitrogens is 1. The molecule has 3 aromatic rings. The molecule has 5 nitrogen and oxygen atoms in total. The van der Waals surface area contributed by atoms with Crippen LogP contribution < -0.4 is 14.8 Å². The fourth-order valence-electron chi connectivity index (χ4n) is 2.62. The average Bonchev–Trinajstić information content (AvgIpc) is 2.73. The molecule has 1 heterocycles. The van der Waals surface area contributed by atoms with Crippen LogP contribution in [0.15, 0.2) is 66.9 Å². The van der Waals surface area contributed by atoms with E-state index >= 15 is 0 Å². The molecule has 0 aliphatic heterocycles. The van der Waals surface area contributed by atoms with E-state index < -0.39 is 0 Å². The molecule has 140 valence electrons. The fourth-order valence-corrected chi connectivity index (χ4v) is 2.62. The van der Waals surface area contributed by atoms with Gasteiger partial charge in [0.25, 0.3) is 0 Å². The van der Waals surface area contributed by atoms with Gasteiger partial charge in [-0.25, -0.2) is 4.98 Å². The van der Waals surface area contributed by atoms with Crippen molar-refractivity contribution in [2.45, 2.75) is 6.42 Å². The highest BCUT2D eigenvalue weighted by Crippen LogP contribution is 2.25. The van der Waals surface area contributed by atoms with E-state index in [1.165, 1.54) is 0 Å². The highest BCUT2D eigenvalue weighted by molar-refractivity contribution is 5.92. The first-order valence-electron chi connectivity index (χ1n) is 8.72. The average molecular weight is 372 g/mol. The van der Waals surface area contributed by atoms with Crippen LogP contribution >= 0.6 is 0 Å². The molecule has 5 heteroatoms. The maximum atomic E-state index is 12.5. The molecule has 1 amide bonds. The smallest absolute Gasteiger partial charge is 0.228 e. The molecule has 3 rings (SSSR count). The Morgan fingerprint density at radius 2 is 1.89 bits per heavy atom. The lowest BCUT2D eigenvalue weighted by Gasteiger charge is -2.11.